The van der Waals surface area contributed by atoms with Gasteiger partial charge in [-0.2, -0.15) is 0 Å². The van der Waals surface area contributed by atoms with Gasteiger partial charge >= 0.3 is 5.69 Å². The summed E-state index contributed by atoms with van der Waals surface area (Å²) in [6.07, 6.45) is 2.17. The van der Waals surface area contributed by atoms with Gasteiger partial charge in [-0.3, -0.25) is 14.2 Å². The molecule has 7 nitrogen and oxygen atoms in total. The van der Waals surface area contributed by atoms with E-state index in [4.69, 9.17) is 0 Å². The first kappa shape index (κ1) is 19.9. The second kappa shape index (κ2) is 8.33. The van der Waals surface area contributed by atoms with Crippen molar-refractivity contribution < 1.29 is 4.79 Å². The number of hydrogen-bond acceptors (Lipinski definition) is 4. The summed E-state index contributed by atoms with van der Waals surface area (Å²) in [4.78, 5) is 40.9. The van der Waals surface area contributed by atoms with Crippen LogP contribution >= 0.6 is 12.4 Å². The summed E-state index contributed by atoms with van der Waals surface area (Å²) >= 11 is 0. The van der Waals surface area contributed by atoms with Crippen molar-refractivity contribution in [3.63, 3.8) is 0 Å². The molecule has 0 aliphatic carbocycles. The van der Waals surface area contributed by atoms with Crippen LogP contribution in [-0.4, -0.2) is 40.0 Å². The Kier molecular flexibility index (Phi) is 6.39. The monoisotopic (exact) mass is 378 g/mol. The Labute approximate surface area is 157 Å². The number of carbonyl (C=O) groups excluding carboxylic acids is 1. The lowest BCUT2D eigenvalue weighted by atomic mass is 10.0. The average molecular weight is 379 g/mol. The van der Waals surface area contributed by atoms with Crippen LogP contribution in [0, 0.1) is 0 Å². The minimum atomic E-state index is -0.577. The minimum Gasteiger partial charge on any atom is -0.329 e. The van der Waals surface area contributed by atoms with Crippen molar-refractivity contribution in [3.8, 4) is 0 Å². The Morgan fingerprint density at radius 3 is 2.58 bits per heavy atom. The first-order chi connectivity index (χ1) is 12.0. The molecule has 1 aliphatic rings. The van der Waals surface area contributed by atoms with E-state index in [1.807, 2.05) is 12.1 Å². The summed E-state index contributed by atoms with van der Waals surface area (Å²) in [6.45, 7) is 3.89. The van der Waals surface area contributed by atoms with Crippen molar-refractivity contribution in [3.05, 3.63) is 68.0 Å². The van der Waals surface area contributed by atoms with Crippen molar-refractivity contribution in [2.45, 2.75) is 19.4 Å². The van der Waals surface area contributed by atoms with Crippen LogP contribution in [0.1, 0.15) is 34.5 Å². The van der Waals surface area contributed by atoms with Gasteiger partial charge in [0.2, 0.25) is 0 Å². The fourth-order valence-corrected chi connectivity index (χ4v) is 3.09. The van der Waals surface area contributed by atoms with E-state index in [1.165, 1.54) is 18.8 Å². The lowest BCUT2D eigenvalue weighted by Gasteiger charge is -2.36. The Hall–Kier alpha value is -2.38. The Morgan fingerprint density at radius 1 is 1.23 bits per heavy atom. The van der Waals surface area contributed by atoms with Gasteiger partial charge < -0.3 is 15.2 Å². The van der Waals surface area contributed by atoms with Crippen molar-refractivity contribution >= 4 is 18.3 Å². The molecule has 8 heteroatoms. The highest BCUT2D eigenvalue weighted by atomic mass is 35.5. The summed E-state index contributed by atoms with van der Waals surface area (Å²) in [5.74, 6) is -0.358. The SMILES string of the molecule is CCc1ccc(C2CNCCN2C(=O)c2c[nH]c(=O)n(C)c2=O)cc1.Cl. The van der Waals surface area contributed by atoms with E-state index in [0.29, 0.717) is 19.6 Å². The van der Waals surface area contributed by atoms with Crippen LogP contribution < -0.4 is 16.6 Å². The van der Waals surface area contributed by atoms with Gasteiger partial charge in [-0.25, -0.2) is 4.79 Å². The maximum atomic E-state index is 13.0. The molecule has 1 aliphatic heterocycles. The Balaban J connectivity index is 0.00000243. The molecule has 0 saturated carbocycles. The van der Waals surface area contributed by atoms with Gasteiger partial charge in [0.25, 0.3) is 11.5 Å². The third-order valence-electron chi connectivity index (χ3n) is 4.69. The number of carbonyl (C=O) groups is 1. The topological polar surface area (TPSA) is 87.2 Å². The van der Waals surface area contributed by atoms with E-state index in [0.717, 1.165) is 16.6 Å². The number of amides is 1. The number of halogens is 1. The summed E-state index contributed by atoms with van der Waals surface area (Å²) in [7, 11) is 1.36. The highest BCUT2D eigenvalue weighted by Gasteiger charge is 2.30. The summed E-state index contributed by atoms with van der Waals surface area (Å²) < 4.78 is 0.917. The van der Waals surface area contributed by atoms with Gasteiger partial charge in [0.1, 0.15) is 5.56 Å². The highest BCUT2D eigenvalue weighted by Crippen LogP contribution is 2.24. The van der Waals surface area contributed by atoms with Gasteiger partial charge in [-0.1, -0.05) is 31.2 Å². The highest BCUT2D eigenvalue weighted by molar-refractivity contribution is 5.94. The fourth-order valence-electron chi connectivity index (χ4n) is 3.09. The molecule has 2 heterocycles. The van der Waals surface area contributed by atoms with Gasteiger partial charge in [-0.05, 0) is 17.5 Å². The average Bonchev–Trinajstić information content (AvgIpc) is 2.66. The third-order valence-corrected chi connectivity index (χ3v) is 4.69. The zero-order chi connectivity index (χ0) is 18.0. The Bertz CT molecular complexity index is 889. The summed E-state index contributed by atoms with van der Waals surface area (Å²) in [5.41, 5.74) is 1.14. The zero-order valence-corrected chi connectivity index (χ0v) is 15.6. The number of aromatic nitrogens is 2. The molecule has 3 rings (SSSR count). The predicted molar refractivity (Wildman–Crippen MR) is 102 cm³/mol. The van der Waals surface area contributed by atoms with Crippen molar-refractivity contribution in [1.29, 1.82) is 0 Å². The van der Waals surface area contributed by atoms with E-state index in [-0.39, 0.29) is 29.9 Å². The van der Waals surface area contributed by atoms with Gasteiger partial charge in [0.05, 0.1) is 6.04 Å². The van der Waals surface area contributed by atoms with Crippen LogP contribution in [0.5, 0.6) is 0 Å². The second-order valence-corrected chi connectivity index (χ2v) is 6.19. The van der Waals surface area contributed by atoms with Crippen molar-refractivity contribution in [1.82, 2.24) is 19.8 Å². The molecule has 2 aromatic rings. The number of rotatable bonds is 3. The van der Waals surface area contributed by atoms with Gasteiger partial charge in [0.15, 0.2) is 0 Å². The standard InChI is InChI=1S/C18H22N4O3.ClH/c1-3-12-4-6-13(7-5-12)15-11-19-8-9-22(15)17(24)14-10-20-18(25)21(2)16(14)23;/h4-7,10,15,19H,3,8-9,11H2,1-2H3,(H,20,25);1H. The molecule has 26 heavy (non-hydrogen) atoms. The second-order valence-electron chi connectivity index (χ2n) is 6.19. The van der Waals surface area contributed by atoms with E-state index in [9.17, 15) is 14.4 Å². The quantitative estimate of drug-likeness (QED) is 0.828. The maximum absolute atomic E-state index is 13.0. The lowest BCUT2D eigenvalue weighted by molar-refractivity contribution is 0.0631. The predicted octanol–water partition coefficient (Wildman–Crippen LogP) is 0.845. The maximum Gasteiger partial charge on any atom is 0.328 e. The molecule has 1 amide bonds. The van der Waals surface area contributed by atoms with Gasteiger partial charge in [-0.15, -0.1) is 12.4 Å². The molecule has 1 aromatic carbocycles. The molecule has 0 bridgehead atoms. The van der Waals surface area contributed by atoms with Crippen LogP contribution in [0.25, 0.3) is 0 Å². The largest absolute Gasteiger partial charge is 0.329 e. The number of aromatic amines is 1. The van der Waals surface area contributed by atoms with Gasteiger partial charge in [0, 0.05) is 32.9 Å². The lowest BCUT2D eigenvalue weighted by Crippen LogP contribution is -2.50. The number of aryl methyl sites for hydroxylation is 1. The molecule has 140 valence electrons. The zero-order valence-electron chi connectivity index (χ0n) is 14.8. The van der Waals surface area contributed by atoms with Crippen LogP contribution in [0.3, 0.4) is 0 Å². The number of benzene rings is 1. The first-order valence-corrected chi connectivity index (χ1v) is 8.42. The fraction of sp³-hybridized carbons (Fsp3) is 0.389. The van der Waals surface area contributed by atoms with Crippen molar-refractivity contribution in [2.75, 3.05) is 19.6 Å². The molecular formula is C18H23ClN4O3. The number of H-pyrrole nitrogens is 1. The van der Waals surface area contributed by atoms with E-state index >= 15 is 0 Å². The normalized spacial score (nSPS) is 16.8. The molecular weight excluding hydrogens is 356 g/mol. The van der Waals surface area contributed by atoms with Crippen LogP contribution in [-0.2, 0) is 13.5 Å². The van der Waals surface area contributed by atoms with Crippen LogP contribution in [0.2, 0.25) is 0 Å². The molecule has 1 atom stereocenters. The third kappa shape index (κ3) is 3.73. The van der Waals surface area contributed by atoms with Crippen LogP contribution in [0.15, 0.2) is 40.1 Å². The first-order valence-electron chi connectivity index (χ1n) is 8.42. The number of nitrogens with one attached hydrogen (secondary N) is 2. The molecule has 1 saturated heterocycles. The molecule has 0 spiro atoms. The molecule has 1 fully saturated rings. The van der Waals surface area contributed by atoms with E-state index in [2.05, 4.69) is 29.4 Å². The number of nitrogens with zero attached hydrogens (tertiary/aromatic N) is 2. The van der Waals surface area contributed by atoms with Crippen molar-refractivity contribution in [2.24, 2.45) is 7.05 Å². The molecule has 1 aromatic heterocycles. The van der Waals surface area contributed by atoms with Crippen LogP contribution in [0.4, 0.5) is 0 Å². The number of piperazine rings is 1. The summed E-state index contributed by atoms with van der Waals surface area (Å²) in [6, 6.07) is 8.03. The smallest absolute Gasteiger partial charge is 0.328 e. The summed E-state index contributed by atoms with van der Waals surface area (Å²) in [5, 5.41) is 3.30. The molecule has 0 radical (unpaired) electrons. The molecule has 2 N–H and O–H groups in total. The number of hydrogen-bond donors (Lipinski definition) is 2. The molecule has 1 unspecified atom stereocenters. The van der Waals surface area contributed by atoms with E-state index < -0.39 is 11.2 Å². The minimum absolute atomic E-state index is 0. The van der Waals surface area contributed by atoms with E-state index in [1.54, 1.807) is 4.90 Å². The Morgan fingerprint density at radius 2 is 1.92 bits per heavy atom.